The van der Waals surface area contributed by atoms with Gasteiger partial charge in [0.1, 0.15) is 0 Å². The summed E-state index contributed by atoms with van der Waals surface area (Å²) in [4.78, 5) is 11.8. The highest BCUT2D eigenvalue weighted by Gasteiger charge is 2.44. The fourth-order valence-electron chi connectivity index (χ4n) is 2.99. The van der Waals surface area contributed by atoms with E-state index in [1.54, 1.807) is 4.31 Å². The molecule has 0 spiro atoms. The van der Waals surface area contributed by atoms with E-state index in [-0.39, 0.29) is 11.8 Å². The third-order valence-corrected chi connectivity index (χ3v) is 6.18. The van der Waals surface area contributed by atoms with E-state index in [0.29, 0.717) is 25.9 Å². The van der Waals surface area contributed by atoms with Crippen molar-refractivity contribution in [3.05, 3.63) is 0 Å². The van der Waals surface area contributed by atoms with Crippen molar-refractivity contribution >= 4 is 16.0 Å². The Kier molecular flexibility index (Phi) is 6.66. The minimum absolute atomic E-state index is 0.261. The van der Waals surface area contributed by atoms with Crippen LogP contribution in [-0.2, 0) is 19.6 Å². The highest BCUT2D eigenvalue weighted by Crippen LogP contribution is 2.34. The van der Waals surface area contributed by atoms with Gasteiger partial charge in [-0.05, 0) is 24.7 Å². The Morgan fingerprint density at radius 2 is 1.67 bits per heavy atom. The predicted octanol–water partition coefficient (Wildman–Crippen LogP) is 2.27. The van der Waals surface area contributed by atoms with E-state index < -0.39 is 27.2 Å². The van der Waals surface area contributed by atoms with Crippen molar-refractivity contribution in [3.8, 4) is 0 Å². The molecule has 0 bridgehead atoms. The number of hydrogen-bond donors (Lipinski definition) is 0. The molecule has 0 saturated heterocycles. The molecule has 2 unspecified atom stereocenters. The second-order valence-corrected chi connectivity index (χ2v) is 8.90. The molecule has 1 aliphatic carbocycles. The van der Waals surface area contributed by atoms with Gasteiger partial charge in [0.25, 0.3) is 0 Å². The fourth-order valence-corrected chi connectivity index (χ4v) is 5.51. The summed E-state index contributed by atoms with van der Waals surface area (Å²) in [5, 5.41) is -0.623. The summed E-state index contributed by atoms with van der Waals surface area (Å²) in [6.07, 6.45) is 1.92. The van der Waals surface area contributed by atoms with Crippen molar-refractivity contribution in [1.29, 1.82) is 0 Å². The third kappa shape index (κ3) is 4.68. The van der Waals surface area contributed by atoms with Gasteiger partial charge in [-0.1, -0.05) is 34.1 Å². The zero-order valence-electron chi connectivity index (χ0n) is 13.8. The molecule has 0 aromatic heterocycles. The maximum atomic E-state index is 13.0. The molecule has 2 atom stereocenters. The molecule has 0 aliphatic heterocycles. The minimum atomic E-state index is -3.46. The van der Waals surface area contributed by atoms with Gasteiger partial charge in [0.15, 0.2) is 0 Å². The van der Waals surface area contributed by atoms with Crippen molar-refractivity contribution in [2.75, 3.05) is 20.2 Å². The number of carbonyl (C=O) groups excluding carboxylic acids is 1. The van der Waals surface area contributed by atoms with Crippen molar-refractivity contribution in [2.24, 2.45) is 17.8 Å². The zero-order valence-corrected chi connectivity index (χ0v) is 14.6. The molecule has 0 aromatic rings. The van der Waals surface area contributed by atoms with E-state index in [9.17, 15) is 13.2 Å². The van der Waals surface area contributed by atoms with E-state index in [0.717, 1.165) is 6.42 Å². The van der Waals surface area contributed by atoms with Crippen LogP contribution in [0.3, 0.4) is 0 Å². The van der Waals surface area contributed by atoms with Gasteiger partial charge >= 0.3 is 5.97 Å². The molecule has 0 amide bonds. The Labute approximate surface area is 129 Å². The molecule has 5 nitrogen and oxygen atoms in total. The third-order valence-electron chi connectivity index (χ3n) is 3.84. The summed E-state index contributed by atoms with van der Waals surface area (Å²) in [5.74, 6) is -0.384. The molecule has 0 N–H and O–H groups in total. The van der Waals surface area contributed by atoms with Crippen molar-refractivity contribution in [2.45, 2.75) is 52.2 Å². The normalized spacial score (nSPS) is 23.2. The van der Waals surface area contributed by atoms with E-state index in [4.69, 9.17) is 4.74 Å². The average Bonchev–Trinajstić information content (AvgIpc) is 2.85. The minimum Gasteiger partial charge on any atom is -0.469 e. The summed E-state index contributed by atoms with van der Waals surface area (Å²) in [6, 6.07) is 0. The van der Waals surface area contributed by atoms with Crippen LogP contribution in [0, 0.1) is 17.8 Å². The highest BCUT2D eigenvalue weighted by atomic mass is 32.2. The summed E-state index contributed by atoms with van der Waals surface area (Å²) >= 11 is 0. The number of esters is 1. The summed E-state index contributed by atoms with van der Waals surface area (Å²) in [5.41, 5.74) is 0. The zero-order chi connectivity index (χ0) is 16.2. The van der Waals surface area contributed by atoms with Gasteiger partial charge in [-0.25, -0.2) is 12.7 Å². The van der Waals surface area contributed by atoms with Crippen molar-refractivity contribution in [1.82, 2.24) is 4.31 Å². The van der Waals surface area contributed by atoms with Gasteiger partial charge in [0, 0.05) is 13.1 Å². The maximum Gasteiger partial charge on any atom is 0.310 e. The van der Waals surface area contributed by atoms with Gasteiger partial charge in [-0.2, -0.15) is 0 Å². The molecule has 1 saturated carbocycles. The van der Waals surface area contributed by atoms with Crippen LogP contribution >= 0.6 is 0 Å². The highest BCUT2D eigenvalue weighted by molar-refractivity contribution is 7.89. The molecule has 124 valence electrons. The van der Waals surface area contributed by atoms with E-state index in [1.165, 1.54) is 7.11 Å². The van der Waals surface area contributed by atoms with Crippen molar-refractivity contribution in [3.63, 3.8) is 0 Å². The maximum absolute atomic E-state index is 13.0. The number of nitrogens with zero attached hydrogens (tertiary/aromatic N) is 1. The topological polar surface area (TPSA) is 63.7 Å². The second kappa shape index (κ2) is 7.58. The number of ether oxygens (including phenoxy) is 1. The molecule has 1 rings (SSSR count). The molecule has 0 aromatic carbocycles. The standard InChI is InChI=1S/C15H29NO4S/c1-11(2)9-16(10-12(3)4)21(18,19)14-8-6-7-13(14)15(17)20-5/h11-14H,6-10H2,1-5H3. The van der Waals surface area contributed by atoms with Crippen LogP contribution in [0.1, 0.15) is 47.0 Å². The Hall–Kier alpha value is -0.620. The molecule has 1 fully saturated rings. The Morgan fingerprint density at radius 1 is 1.14 bits per heavy atom. The number of hydrogen-bond acceptors (Lipinski definition) is 4. The van der Waals surface area contributed by atoms with Gasteiger partial charge in [0.2, 0.25) is 10.0 Å². The summed E-state index contributed by atoms with van der Waals surface area (Å²) < 4.78 is 32.3. The summed E-state index contributed by atoms with van der Waals surface area (Å²) in [6.45, 7) is 9.05. The van der Waals surface area contributed by atoms with Crippen LogP contribution in [0.2, 0.25) is 0 Å². The molecular weight excluding hydrogens is 290 g/mol. The van der Waals surface area contributed by atoms with E-state index >= 15 is 0 Å². The number of rotatable bonds is 7. The van der Waals surface area contributed by atoms with E-state index in [2.05, 4.69) is 0 Å². The lowest BCUT2D eigenvalue weighted by Crippen LogP contribution is -2.45. The predicted molar refractivity (Wildman–Crippen MR) is 83.3 cm³/mol. The Bertz CT molecular complexity index is 435. The quantitative estimate of drug-likeness (QED) is 0.675. The van der Waals surface area contributed by atoms with Crippen LogP contribution in [-0.4, -0.2) is 44.1 Å². The molecule has 0 heterocycles. The van der Waals surface area contributed by atoms with Gasteiger partial charge in [-0.15, -0.1) is 0 Å². The molecule has 6 heteroatoms. The Morgan fingerprint density at radius 3 is 2.10 bits per heavy atom. The van der Waals surface area contributed by atoms with Crippen LogP contribution in [0.4, 0.5) is 0 Å². The van der Waals surface area contributed by atoms with Crippen LogP contribution in [0.15, 0.2) is 0 Å². The van der Waals surface area contributed by atoms with Gasteiger partial charge < -0.3 is 4.74 Å². The first-order chi connectivity index (χ1) is 9.70. The smallest absolute Gasteiger partial charge is 0.310 e. The monoisotopic (exact) mass is 319 g/mol. The number of sulfonamides is 1. The average molecular weight is 319 g/mol. The van der Waals surface area contributed by atoms with Crippen LogP contribution in [0.25, 0.3) is 0 Å². The lowest BCUT2D eigenvalue weighted by molar-refractivity contribution is -0.145. The van der Waals surface area contributed by atoms with Gasteiger partial charge in [0.05, 0.1) is 18.3 Å². The first-order valence-electron chi connectivity index (χ1n) is 7.76. The lowest BCUT2D eigenvalue weighted by Gasteiger charge is -2.30. The number of carbonyl (C=O) groups is 1. The SMILES string of the molecule is COC(=O)C1CCCC1S(=O)(=O)N(CC(C)C)CC(C)C. The lowest BCUT2D eigenvalue weighted by atomic mass is 10.1. The molecule has 0 radical (unpaired) electrons. The Balaban J connectivity index is 3.00. The van der Waals surface area contributed by atoms with Crippen molar-refractivity contribution < 1.29 is 17.9 Å². The first-order valence-corrected chi connectivity index (χ1v) is 9.27. The number of methoxy groups -OCH3 is 1. The fraction of sp³-hybridized carbons (Fsp3) is 0.933. The van der Waals surface area contributed by atoms with Gasteiger partial charge in [-0.3, -0.25) is 4.79 Å². The second-order valence-electron chi connectivity index (χ2n) is 6.75. The van der Waals surface area contributed by atoms with Crippen LogP contribution in [0.5, 0.6) is 0 Å². The largest absolute Gasteiger partial charge is 0.469 e. The van der Waals surface area contributed by atoms with E-state index in [1.807, 2.05) is 27.7 Å². The molecule has 21 heavy (non-hydrogen) atoms. The molecule has 1 aliphatic rings. The first kappa shape index (κ1) is 18.4. The van der Waals surface area contributed by atoms with Crippen LogP contribution < -0.4 is 0 Å². The summed E-state index contributed by atoms with van der Waals surface area (Å²) in [7, 11) is -2.14. The molecular formula is C15H29NO4S.